The molecule has 0 spiro atoms. The lowest BCUT2D eigenvalue weighted by Crippen LogP contribution is -2.56. The summed E-state index contributed by atoms with van der Waals surface area (Å²) in [5, 5.41) is 2.28. The van der Waals surface area contributed by atoms with Crippen LogP contribution in [0.3, 0.4) is 0 Å². The first-order valence-corrected chi connectivity index (χ1v) is 11.9. The molecule has 2 fully saturated rings. The Hall–Kier alpha value is -2.85. The fraction of sp³-hybridized carbons (Fsp3) is 0.583. The van der Waals surface area contributed by atoms with Crippen LogP contribution in [0.1, 0.15) is 62.2 Å². The van der Waals surface area contributed by atoms with E-state index in [2.05, 4.69) is 10.3 Å². The van der Waals surface area contributed by atoms with Crippen LogP contribution < -0.4 is 15.1 Å². The van der Waals surface area contributed by atoms with Crippen LogP contribution in [0, 0.1) is 17.0 Å². The van der Waals surface area contributed by atoms with Crippen molar-refractivity contribution < 1.29 is 31.2 Å². The highest BCUT2D eigenvalue weighted by Gasteiger charge is 2.43. The second kappa shape index (κ2) is 9.66. The molecule has 0 saturated carbocycles. The van der Waals surface area contributed by atoms with Crippen LogP contribution >= 0.6 is 0 Å². The number of nitrogens with one attached hydrogen (secondary N) is 1. The summed E-state index contributed by atoms with van der Waals surface area (Å²) < 4.78 is 74.2. The van der Waals surface area contributed by atoms with E-state index in [4.69, 9.17) is 4.42 Å². The molecule has 2 saturated heterocycles. The van der Waals surface area contributed by atoms with Crippen molar-refractivity contribution in [2.45, 2.75) is 58.5 Å². The summed E-state index contributed by atoms with van der Waals surface area (Å²) in [5.74, 6) is -3.37. The summed E-state index contributed by atoms with van der Waals surface area (Å²) in [5.41, 5.74) is -0.902. The van der Waals surface area contributed by atoms with E-state index in [-0.39, 0.29) is 22.8 Å². The van der Waals surface area contributed by atoms with E-state index < -0.39 is 41.6 Å². The number of nitrogens with zero attached hydrogens (tertiary/aromatic N) is 3. The number of amides is 1. The van der Waals surface area contributed by atoms with Gasteiger partial charge >= 0.3 is 6.18 Å². The Morgan fingerprint density at radius 3 is 2.20 bits per heavy atom. The van der Waals surface area contributed by atoms with Crippen molar-refractivity contribution in [1.29, 1.82) is 0 Å². The van der Waals surface area contributed by atoms with Gasteiger partial charge in [-0.05, 0) is 44.2 Å². The van der Waals surface area contributed by atoms with Gasteiger partial charge in [-0.3, -0.25) is 4.79 Å². The standard InChI is InChI=1S/C24H29F5N4O2/c1-3-23(4-2)13-33(14-23)22-31-19(18(35-22)12-24(27,28)29)21(34)30-15-10-16(25)20(17(26)11-15)32-8-6-5-7-9-32/h10-11H,3-9,12-14H2,1-2H3,(H,30,34). The van der Waals surface area contributed by atoms with E-state index in [1.54, 1.807) is 9.80 Å². The number of anilines is 3. The number of hydrogen-bond donors (Lipinski definition) is 1. The molecule has 1 aromatic heterocycles. The topological polar surface area (TPSA) is 61.6 Å². The minimum Gasteiger partial charge on any atom is -0.427 e. The summed E-state index contributed by atoms with van der Waals surface area (Å²) in [4.78, 5) is 20.2. The van der Waals surface area contributed by atoms with Gasteiger partial charge < -0.3 is 19.5 Å². The zero-order chi connectivity index (χ0) is 25.4. The first-order valence-electron chi connectivity index (χ1n) is 11.9. The van der Waals surface area contributed by atoms with Crippen LogP contribution in [0.2, 0.25) is 0 Å². The van der Waals surface area contributed by atoms with Crippen LogP contribution in [0.15, 0.2) is 16.5 Å². The van der Waals surface area contributed by atoms with Gasteiger partial charge in [0.25, 0.3) is 11.9 Å². The number of carbonyl (C=O) groups excluding carboxylic acids is 1. The number of aromatic nitrogens is 1. The summed E-state index contributed by atoms with van der Waals surface area (Å²) in [6, 6.07) is 1.85. The van der Waals surface area contributed by atoms with Crippen molar-refractivity contribution in [3.8, 4) is 0 Å². The average Bonchev–Trinajstić information content (AvgIpc) is 3.16. The van der Waals surface area contributed by atoms with Gasteiger partial charge in [-0.15, -0.1) is 0 Å². The van der Waals surface area contributed by atoms with Gasteiger partial charge in [0.2, 0.25) is 0 Å². The molecule has 2 aliphatic heterocycles. The van der Waals surface area contributed by atoms with E-state index in [1.165, 1.54) is 0 Å². The van der Waals surface area contributed by atoms with Crippen LogP contribution in [0.5, 0.6) is 0 Å². The second-order valence-corrected chi connectivity index (χ2v) is 9.41. The first-order chi connectivity index (χ1) is 16.5. The van der Waals surface area contributed by atoms with E-state index in [0.29, 0.717) is 26.2 Å². The summed E-state index contributed by atoms with van der Waals surface area (Å²) >= 11 is 0. The van der Waals surface area contributed by atoms with Crippen LogP contribution in [0.4, 0.5) is 39.3 Å². The van der Waals surface area contributed by atoms with Gasteiger partial charge in [0, 0.05) is 37.3 Å². The Morgan fingerprint density at radius 2 is 1.66 bits per heavy atom. The van der Waals surface area contributed by atoms with Gasteiger partial charge in [0.05, 0.1) is 0 Å². The molecule has 4 rings (SSSR count). The van der Waals surface area contributed by atoms with Crippen molar-refractivity contribution in [2.24, 2.45) is 5.41 Å². The molecular formula is C24H29F5N4O2. The molecule has 192 valence electrons. The van der Waals surface area contributed by atoms with E-state index in [9.17, 15) is 26.7 Å². The third-order valence-corrected chi connectivity index (χ3v) is 7.03. The zero-order valence-corrected chi connectivity index (χ0v) is 19.8. The monoisotopic (exact) mass is 500 g/mol. The highest BCUT2D eigenvalue weighted by Crippen LogP contribution is 2.40. The number of alkyl halides is 3. The second-order valence-electron chi connectivity index (χ2n) is 9.41. The van der Waals surface area contributed by atoms with Crippen molar-refractivity contribution in [1.82, 2.24) is 4.98 Å². The van der Waals surface area contributed by atoms with Crippen molar-refractivity contribution in [3.63, 3.8) is 0 Å². The number of piperidine rings is 1. The van der Waals surface area contributed by atoms with Gasteiger partial charge in [-0.2, -0.15) is 18.2 Å². The molecule has 3 heterocycles. The number of carbonyl (C=O) groups is 1. The Labute approximate surface area is 200 Å². The Kier molecular flexibility index (Phi) is 6.97. The molecule has 1 amide bonds. The lowest BCUT2D eigenvalue weighted by Gasteiger charge is -2.49. The maximum absolute atomic E-state index is 14.7. The van der Waals surface area contributed by atoms with Crippen molar-refractivity contribution in [2.75, 3.05) is 41.3 Å². The van der Waals surface area contributed by atoms with Crippen molar-refractivity contribution in [3.05, 3.63) is 35.2 Å². The normalized spacial score (nSPS) is 17.9. The third-order valence-electron chi connectivity index (χ3n) is 7.03. The Morgan fingerprint density at radius 1 is 1.06 bits per heavy atom. The van der Waals surface area contributed by atoms with Crippen LogP contribution in [-0.2, 0) is 6.42 Å². The minimum absolute atomic E-state index is 0.0340. The highest BCUT2D eigenvalue weighted by molar-refractivity contribution is 6.04. The van der Waals surface area contributed by atoms with E-state index in [0.717, 1.165) is 44.2 Å². The SMILES string of the molecule is CCC1(CC)CN(c2nc(C(=O)Nc3cc(F)c(N4CCCCC4)c(F)c3)c(CC(F)(F)F)o2)C1. The highest BCUT2D eigenvalue weighted by atomic mass is 19.4. The predicted molar refractivity (Wildman–Crippen MR) is 122 cm³/mol. The van der Waals surface area contributed by atoms with Gasteiger partial charge in [-0.1, -0.05) is 13.8 Å². The minimum atomic E-state index is -4.63. The maximum Gasteiger partial charge on any atom is 0.396 e. The Bertz CT molecular complexity index is 1040. The molecule has 1 N–H and O–H groups in total. The largest absolute Gasteiger partial charge is 0.427 e. The molecular weight excluding hydrogens is 471 g/mol. The number of hydrogen-bond acceptors (Lipinski definition) is 5. The van der Waals surface area contributed by atoms with Crippen LogP contribution in [0.25, 0.3) is 0 Å². The number of rotatable bonds is 7. The van der Waals surface area contributed by atoms with E-state index in [1.807, 2.05) is 13.8 Å². The number of halogens is 5. The molecule has 0 atom stereocenters. The summed E-state index contributed by atoms with van der Waals surface area (Å²) in [6.07, 6.45) is -1.69. The Balaban J connectivity index is 1.56. The van der Waals surface area contributed by atoms with Gasteiger partial charge in [0.1, 0.15) is 17.9 Å². The molecule has 0 aliphatic carbocycles. The van der Waals surface area contributed by atoms with Gasteiger partial charge in [0.15, 0.2) is 17.3 Å². The summed E-state index contributed by atoms with van der Waals surface area (Å²) in [6.45, 7) is 6.24. The quantitative estimate of drug-likeness (QED) is 0.478. The molecule has 6 nitrogen and oxygen atoms in total. The molecule has 1 aromatic carbocycles. The third kappa shape index (κ3) is 5.38. The van der Waals surface area contributed by atoms with Gasteiger partial charge in [-0.25, -0.2) is 8.78 Å². The number of oxazole rings is 1. The molecule has 11 heteroatoms. The predicted octanol–water partition coefficient (Wildman–Crippen LogP) is 5.93. The van der Waals surface area contributed by atoms with Crippen LogP contribution in [-0.4, -0.2) is 43.2 Å². The molecule has 0 bridgehead atoms. The molecule has 35 heavy (non-hydrogen) atoms. The fourth-order valence-electron chi connectivity index (χ4n) is 4.80. The van der Waals surface area contributed by atoms with Crippen molar-refractivity contribution >= 4 is 23.3 Å². The van der Waals surface area contributed by atoms with E-state index >= 15 is 0 Å². The molecule has 2 aromatic rings. The average molecular weight is 501 g/mol. The zero-order valence-electron chi connectivity index (χ0n) is 19.8. The molecule has 0 unspecified atom stereocenters. The number of benzene rings is 1. The lowest BCUT2D eigenvalue weighted by atomic mass is 9.75. The smallest absolute Gasteiger partial charge is 0.396 e. The molecule has 0 radical (unpaired) electrons. The lowest BCUT2D eigenvalue weighted by molar-refractivity contribution is -0.130. The first kappa shape index (κ1) is 25.2. The fourth-order valence-corrected chi connectivity index (χ4v) is 4.80. The molecule has 2 aliphatic rings. The maximum atomic E-state index is 14.7. The summed E-state index contributed by atoms with van der Waals surface area (Å²) in [7, 11) is 0.